The van der Waals surface area contributed by atoms with Crippen LogP contribution in [-0.4, -0.2) is 49.6 Å². The molecular weight excluding hydrogens is 396 g/mol. The highest BCUT2D eigenvalue weighted by Gasteiger charge is 2.21. The summed E-state index contributed by atoms with van der Waals surface area (Å²) in [7, 11) is 2.88. The number of esters is 1. The summed E-state index contributed by atoms with van der Waals surface area (Å²) < 4.78 is 4.68. The number of fused-ring (bicyclic) bond motifs is 1. The van der Waals surface area contributed by atoms with E-state index in [2.05, 4.69) is 25.7 Å². The van der Waals surface area contributed by atoms with Crippen LogP contribution in [0.1, 0.15) is 21.5 Å². The Bertz CT molecular complexity index is 1060. The number of rotatable bonds is 8. The number of ether oxygens (including phenoxy) is 1. The van der Waals surface area contributed by atoms with E-state index in [1.54, 1.807) is 19.2 Å². The minimum atomic E-state index is -0.705. The summed E-state index contributed by atoms with van der Waals surface area (Å²) in [6.45, 7) is 0.386. The normalized spacial score (nSPS) is 11.5. The number of amides is 3. The van der Waals surface area contributed by atoms with Crippen molar-refractivity contribution in [2.45, 2.75) is 18.9 Å². The van der Waals surface area contributed by atoms with Gasteiger partial charge in [0.1, 0.15) is 6.04 Å². The molecule has 0 aliphatic heterocycles. The van der Waals surface area contributed by atoms with E-state index in [0.29, 0.717) is 24.9 Å². The zero-order valence-electron chi connectivity index (χ0n) is 17.5. The molecule has 0 bridgehead atoms. The maximum atomic E-state index is 12.4. The lowest BCUT2D eigenvalue weighted by atomic mass is 10.0. The van der Waals surface area contributed by atoms with Crippen molar-refractivity contribution in [1.29, 1.82) is 0 Å². The van der Waals surface area contributed by atoms with Gasteiger partial charge in [0, 0.05) is 37.1 Å². The number of hydrogen-bond acceptors (Lipinski definition) is 4. The molecule has 3 amide bonds. The van der Waals surface area contributed by atoms with Gasteiger partial charge in [-0.3, -0.25) is 4.79 Å². The van der Waals surface area contributed by atoms with Gasteiger partial charge in [0.15, 0.2) is 0 Å². The standard InChI is InChI=1S/C23H26N4O4/c1-24-21(28)20(13-17-14-26-19-6-4-3-5-18(17)19)27-23(30)25-12-11-15-7-9-16(10-8-15)22(29)31-2/h3-10,14,20,26H,11-13H2,1-2H3,(H,24,28)(H2,25,27,30)/t20-/m0/s1. The molecule has 0 saturated heterocycles. The van der Waals surface area contributed by atoms with Crippen LogP contribution in [0.4, 0.5) is 4.79 Å². The summed E-state index contributed by atoms with van der Waals surface area (Å²) in [5.41, 5.74) is 3.38. The third-order valence-corrected chi connectivity index (χ3v) is 5.04. The Balaban J connectivity index is 1.54. The third kappa shape index (κ3) is 5.63. The van der Waals surface area contributed by atoms with Crippen molar-refractivity contribution in [3.05, 3.63) is 71.4 Å². The Morgan fingerprint density at radius 2 is 1.81 bits per heavy atom. The number of H-pyrrole nitrogens is 1. The van der Waals surface area contributed by atoms with Gasteiger partial charge in [-0.25, -0.2) is 9.59 Å². The maximum absolute atomic E-state index is 12.4. The summed E-state index contributed by atoms with van der Waals surface area (Å²) >= 11 is 0. The van der Waals surface area contributed by atoms with Gasteiger partial charge in [-0.2, -0.15) is 0 Å². The molecule has 4 N–H and O–H groups in total. The van der Waals surface area contributed by atoms with Gasteiger partial charge in [-0.1, -0.05) is 30.3 Å². The van der Waals surface area contributed by atoms with Gasteiger partial charge in [-0.15, -0.1) is 0 Å². The second kappa shape index (κ2) is 10.3. The van der Waals surface area contributed by atoms with Gasteiger partial charge in [0.2, 0.25) is 5.91 Å². The van der Waals surface area contributed by atoms with Gasteiger partial charge in [0.05, 0.1) is 12.7 Å². The van der Waals surface area contributed by atoms with E-state index in [4.69, 9.17) is 0 Å². The van der Waals surface area contributed by atoms with Crippen LogP contribution in [0.2, 0.25) is 0 Å². The molecule has 0 aliphatic carbocycles. The SMILES string of the molecule is CNC(=O)[C@H](Cc1c[nH]c2ccccc12)NC(=O)NCCc1ccc(C(=O)OC)cc1. The van der Waals surface area contributed by atoms with Gasteiger partial charge in [0.25, 0.3) is 0 Å². The largest absolute Gasteiger partial charge is 0.465 e. The van der Waals surface area contributed by atoms with Crippen molar-refractivity contribution in [2.75, 3.05) is 20.7 Å². The van der Waals surface area contributed by atoms with Crippen LogP contribution < -0.4 is 16.0 Å². The number of hydrogen-bond donors (Lipinski definition) is 4. The molecule has 0 spiro atoms. The van der Waals surface area contributed by atoms with Crippen LogP contribution in [0.5, 0.6) is 0 Å². The van der Waals surface area contributed by atoms with E-state index in [1.807, 2.05) is 42.6 Å². The van der Waals surface area contributed by atoms with Crippen molar-refractivity contribution in [3.8, 4) is 0 Å². The van der Waals surface area contributed by atoms with Crippen LogP contribution in [0.3, 0.4) is 0 Å². The molecular formula is C23H26N4O4. The topological polar surface area (TPSA) is 112 Å². The van der Waals surface area contributed by atoms with Crippen LogP contribution in [0.15, 0.2) is 54.7 Å². The number of nitrogens with one attached hydrogen (secondary N) is 4. The van der Waals surface area contributed by atoms with Crippen LogP contribution >= 0.6 is 0 Å². The third-order valence-electron chi connectivity index (χ3n) is 5.04. The highest BCUT2D eigenvalue weighted by molar-refractivity contribution is 5.90. The molecule has 0 aliphatic rings. The molecule has 8 nitrogen and oxygen atoms in total. The molecule has 1 atom stereocenters. The van der Waals surface area contributed by atoms with Gasteiger partial charge >= 0.3 is 12.0 Å². The summed E-state index contributed by atoms with van der Waals surface area (Å²) in [6, 6.07) is 13.7. The number of para-hydroxylation sites is 1. The lowest BCUT2D eigenvalue weighted by Crippen LogP contribution is -2.50. The first-order chi connectivity index (χ1) is 15.0. The molecule has 0 fully saturated rings. The fraction of sp³-hybridized carbons (Fsp3) is 0.261. The lowest BCUT2D eigenvalue weighted by molar-refractivity contribution is -0.122. The molecule has 0 radical (unpaired) electrons. The summed E-state index contributed by atoms with van der Waals surface area (Å²) in [6.07, 6.45) is 2.81. The fourth-order valence-electron chi connectivity index (χ4n) is 3.36. The van der Waals surface area contributed by atoms with E-state index in [0.717, 1.165) is 22.0 Å². The quantitative estimate of drug-likeness (QED) is 0.417. The lowest BCUT2D eigenvalue weighted by Gasteiger charge is -2.17. The number of methoxy groups -OCH3 is 1. The van der Waals surface area contributed by atoms with Crippen LogP contribution in [0.25, 0.3) is 10.9 Å². The predicted molar refractivity (Wildman–Crippen MR) is 118 cm³/mol. The smallest absolute Gasteiger partial charge is 0.337 e. The van der Waals surface area contributed by atoms with E-state index >= 15 is 0 Å². The Hall–Kier alpha value is -3.81. The maximum Gasteiger partial charge on any atom is 0.337 e. The number of carbonyl (C=O) groups excluding carboxylic acids is 3. The average Bonchev–Trinajstić information content (AvgIpc) is 3.21. The van der Waals surface area contributed by atoms with Gasteiger partial charge in [-0.05, 0) is 35.7 Å². The zero-order valence-corrected chi connectivity index (χ0v) is 17.5. The molecule has 1 aromatic heterocycles. The molecule has 31 heavy (non-hydrogen) atoms. The number of urea groups is 1. The molecule has 2 aromatic carbocycles. The molecule has 0 unspecified atom stereocenters. The van der Waals surface area contributed by atoms with Crippen molar-refractivity contribution in [3.63, 3.8) is 0 Å². The summed E-state index contributed by atoms with van der Waals surface area (Å²) in [4.78, 5) is 39.3. The molecule has 0 saturated carbocycles. The minimum Gasteiger partial charge on any atom is -0.465 e. The van der Waals surface area contributed by atoms with E-state index in [1.165, 1.54) is 7.11 Å². The first-order valence-corrected chi connectivity index (χ1v) is 10.00. The number of aromatic nitrogens is 1. The first kappa shape index (κ1) is 21.9. The van der Waals surface area contributed by atoms with Crippen molar-refractivity contribution < 1.29 is 19.1 Å². The van der Waals surface area contributed by atoms with Crippen molar-refractivity contribution in [2.24, 2.45) is 0 Å². The van der Waals surface area contributed by atoms with Crippen LogP contribution in [0, 0.1) is 0 Å². The Kier molecular flexibility index (Phi) is 7.26. The first-order valence-electron chi connectivity index (χ1n) is 10.00. The number of benzene rings is 2. The highest BCUT2D eigenvalue weighted by atomic mass is 16.5. The van der Waals surface area contributed by atoms with Crippen molar-refractivity contribution >= 4 is 28.8 Å². The fourth-order valence-corrected chi connectivity index (χ4v) is 3.36. The van der Waals surface area contributed by atoms with Crippen LogP contribution in [-0.2, 0) is 22.4 Å². The Morgan fingerprint density at radius 3 is 2.52 bits per heavy atom. The van der Waals surface area contributed by atoms with E-state index < -0.39 is 12.1 Å². The highest BCUT2D eigenvalue weighted by Crippen LogP contribution is 2.19. The average molecular weight is 422 g/mol. The zero-order chi connectivity index (χ0) is 22.2. The molecule has 162 valence electrons. The molecule has 8 heteroatoms. The second-order valence-corrected chi connectivity index (χ2v) is 7.07. The summed E-state index contributed by atoms with van der Waals surface area (Å²) in [5, 5.41) is 9.15. The minimum absolute atomic E-state index is 0.265. The van der Waals surface area contributed by atoms with E-state index in [-0.39, 0.29) is 11.9 Å². The monoisotopic (exact) mass is 422 g/mol. The number of carbonyl (C=O) groups is 3. The second-order valence-electron chi connectivity index (χ2n) is 7.07. The predicted octanol–water partition coefficient (Wildman–Crippen LogP) is 2.15. The molecule has 1 heterocycles. The Morgan fingerprint density at radius 1 is 1.06 bits per heavy atom. The van der Waals surface area contributed by atoms with Gasteiger partial charge < -0.3 is 25.7 Å². The number of aromatic amines is 1. The Labute approximate surface area is 180 Å². The molecule has 3 rings (SSSR count). The van der Waals surface area contributed by atoms with Crippen molar-refractivity contribution in [1.82, 2.24) is 20.9 Å². The van der Waals surface area contributed by atoms with E-state index in [9.17, 15) is 14.4 Å². The number of likely N-dealkylation sites (N-methyl/N-ethyl adjacent to an activating group) is 1. The molecule has 3 aromatic rings. The summed E-state index contributed by atoms with van der Waals surface area (Å²) in [5.74, 6) is -0.654.